The first-order valence-electron chi connectivity index (χ1n) is 18.4. The predicted octanol–water partition coefficient (Wildman–Crippen LogP) is 6.23. The average Bonchev–Trinajstić information content (AvgIpc) is 3.65. The van der Waals surface area contributed by atoms with E-state index in [9.17, 15) is 19.5 Å². The molecule has 2 aliphatic heterocycles. The molecule has 1 fully saturated rings. The van der Waals surface area contributed by atoms with Crippen molar-refractivity contribution in [1.29, 1.82) is 0 Å². The number of amides is 1. The fraction of sp³-hybridized carbons (Fsp3) is 0.475. The second-order valence-electron chi connectivity index (χ2n) is 15.0. The summed E-state index contributed by atoms with van der Waals surface area (Å²) in [6.07, 6.45) is 5.55. The summed E-state index contributed by atoms with van der Waals surface area (Å²) in [5.41, 5.74) is 7.34. The molecule has 274 valence electrons. The Morgan fingerprint density at radius 2 is 1.54 bits per heavy atom. The SMILES string of the molecule is CCC1(C(=O)O)CCC(N2CCc3c(nc(C(=O)Nc4cccc(-c5cccc(CC(=O)c6nc7c(n6C)CCN(C)C7)c5Cl)c4C)n3C)C2)CC1. The van der Waals surface area contributed by atoms with Crippen LogP contribution in [0.2, 0.25) is 5.02 Å². The molecular formula is C40H48ClN7O4. The Morgan fingerprint density at radius 3 is 2.25 bits per heavy atom. The molecule has 1 amide bonds. The van der Waals surface area contributed by atoms with E-state index in [0.29, 0.717) is 54.2 Å². The second kappa shape index (κ2) is 14.2. The zero-order chi connectivity index (χ0) is 36.9. The van der Waals surface area contributed by atoms with E-state index in [4.69, 9.17) is 21.6 Å². The summed E-state index contributed by atoms with van der Waals surface area (Å²) in [7, 11) is 5.87. The Morgan fingerprint density at radius 1 is 0.904 bits per heavy atom. The van der Waals surface area contributed by atoms with Crippen molar-refractivity contribution >= 4 is 34.9 Å². The van der Waals surface area contributed by atoms with Gasteiger partial charge >= 0.3 is 5.97 Å². The lowest BCUT2D eigenvalue weighted by Gasteiger charge is -2.42. The molecule has 2 N–H and O–H groups in total. The van der Waals surface area contributed by atoms with Gasteiger partial charge in [-0.15, -0.1) is 0 Å². The Kier molecular flexibility index (Phi) is 9.88. The summed E-state index contributed by atoms with van der Waals surface area (Å²) in [6.45, 7) is 7.12. The summed E-state index contributed by atoms with van der Waals surface area (Å²) >= 11 is 7.03. The maximum absolute atomic E-state index is 13.8. The summed E-state index contributed by atoms with van der Waals surface area (Å²) in [5.74, 6) is -0.222. The number of benzene rings is 2. The van der Waals surface area contributed by atoms with Gasteiger partial charge in [0.05, 0.1) is 21.8 Å². The van der Waals surface area contributed by atoms with Gasteiger partial charge in [-0.05, 0) is 68.8 Å². The molecule has 0 bridgehead atoms. The topological polar surface area (TPSA) is 126 Å². The molecule has 4 aromatic rings. The van der Waals surface area contributed by atoms with Gasteiger partial charge in [-0.25, -0.2) is 9.97 Å². The summed E-state index contributed by atoms with van der Waals surface area (Å²) in [5, 5.41) is 13.4. The number of Topliss-reactive ketones (excluding diaryl/α,β-unsaturated/α-hetero) is 1. The number of carboxylic acids is 1. The van der Waals surface area contributed by atoms with Crippen LogP contribution in [0.3, 0.4) is 0 Å². The van der Waals surface area contributed by atoms with Gasteiger partial charge in [0.1, 0.15) is 0 Å². The molecule has 0 unspecified atom stereocenters. The molecule has 0 saturated heterocycles. The van der Waals surface area contributed by atoms with Gasteiger partial charge in [-0.2, -0.15) is 0 Å². The third-order valence-electron chi connectivity index (χ3n) is 12.0. The number of likely N-dealkylation sites (N-methyl/N-ethyl adjacent to an activating group) is 1. The number of halogens is 1. The van der Waals surface area contributed by atoms with Crippen LogP contribution in [0.5, 0.6) is 0 Å². The van der Waals surface area contributed by atoms with Crippen LogP contribution in [-0.4, -0.2) is 77.8 Å². The van der Waals surface area contributed by atoms with Crippen LogP contribution in [0, 0.1) is 12.3 Å². The maximum atomic E-state index is 13.8. The second-order valence-corrected chi connectivity index (χ2v) is 15.3. The van der Waals surface area contributed by atoms with Crippen LogP contribution in [-0.2, 0) is 51.2 Å². The van der Waals surface area contributed by atoms with Gasteiger partial charge in [0.2, 0.25) is 5.78 Å². The van der Waals surface area contributed by atoms with Gasteiger partial charge in [0.15, 0.2) is 11.6 Å². The number of nitrogens with one attached hydrogen (secondary N) is 1. The predicted molar refractivity (Wildman–Crippen MR) is 201 cm³/mol. The number of ketones is 1. The van der Waals surface area contributed by atoms with Crippen LogP contribution in [0.25, 0.3) is 11.1 Å². The van der Waals surface area contributed by atoms with Crippen molar-refractivity contribution in [1.82, 2.24) is 28.9 Å². The van der Waals surface area contributed by atoms with Crippen molar-refractivity contribution in [3.63, 3.8) is 0 Å². The minimum atomic E-state index is -0.675. The van der Waals surface area contributed by atoms with E-state index in [2.05, 4.69) is 22.2 Å². The number of anilines is 1. The third-order valence-corrected chi connectivity index (χ3v) is 12.5. The van der Waals surface area contributed by atoms with Crippen molar-refractivity contribution in [2.45, 2.75) is 84.3 Å². The van der Waals surface area contributed by atoms with Crippen LogP contribution in [0.15, 0.2) is 36.4 Å². The number of imidazole rings is 2. The number of aliphatic carboxylic acids is 1. The quantitative estimate of drug-likeness (QED) is 0.195. The molecule has 3 aliphatic rings. The lowest BCUT2D eigenvalue weighted by Crippen LogP contribution is -2.45. The molecule has 0 spiro atoms. The van der Waals surface area contributed by atoms with E-state index in [-0.39, 0.29) is 18.1 Å². The zero-order valence-electron chi connectivity index (χ0n) is 30.8. The first-order chi connectivity index (χ1) is 24.9. The first kappa shape index (κ1) is 36.1. The molecule has 7 rings (SSSR count). The van der Waals surface area contributed by atoms with Gasteiger partial charge in [0, 0.05) is 88.2 Å². The Labute approximate surface area is 310 Å². The molecule has 2 aromatic carbocycles. The number of carbonyl (C=O) groups excluding carboxylic acids is 2. The van der Waals surface area contributed by atoms with Gasteiger partial charge in [0.25, 0.3) is 5.91 Å². The highest BCUT2D eigenvalue weighted by molar-refractivity contribution is 6.34. The molecular weight excluding hydrogens is 678 g/mol. The smallest absolute Gasteiger partial charge is 0.309 e. The summed E-state index contributed by atoms with van der Waals surface area (Å²) in [4.78, 5) is 53.4. The normalized spacial score (nSPS) is 20.7. The maximum Gasteiger partial charge on any atom is 0.309 e. The van der Waals surface area contributed by atoms with Crippen molar-refractivity contribution in [2.75, 3.05) is 25.5 Å². The summed E-state index contributed by atoms with van der Waals surface area (Å²) < 4.78 is 3.84. The number of nitrogens with zero attached hydrogens (tertiary/aromatic N) is 6. The average molecular weight is 726 g/mol. The minimum Gasteiger partial charge on any atom is -0.481 e. The van der Waals surface area contributed by atoms with Crippen LogP contribution in [0.1, 0.15) is 94.2 Å². The Hall–Kier alpha value is -4.32. The van der Waals surface area contributed by atoms with E-state index in [1.165, 1.54) is 0 Å². The fourth-order valence-electron chi connectivity index (χ4n) is 8.63. The van der Waals surface area contributed by atoms with Gasteiger partial charge in [-0.3, -0.25) is 19.3 Å². The molecule has 11 nitrogen and oxygen atoms in total. The molecule has 52 heavy (non-hydrogen) atoms. The monoisotopic (exact) mass is 725 g/mol. The largest absolute Gasteiger partial charge is 0.481 e. The number of rotatable bonds is 9. The number of hydrogen-bond donors (Lipinski definition) is 2. The molecule has 12 heteroatoms. The Bertz CT molecular complexity index is 2060. The van der Waals surface area contributed by atoms with Crippen LogP contribution in [0.4, 0.5) is 5.69 Å². The number of fused-ring (bicyclic) bond motifs is 2. The molecule has 0 atom stereocenters. The van der Waals surface area contributed by atoms with Gasteiger partial charge < -0.3 is 24.5 Å². The number of aromatic nitrogens is 4. The number of carbonyl (C=O) groups is 3. The fourth-order valence-corrected chi connectivity index (χ4v) is 8.92. The van der Waals surface area contributed by atoms with E-state index >= 15 is 0 Å². The van der Waals surface area contributed by atoms with Crippen molar-refractivity contribution in [3.05, 3.63) is 87.0 Å². The highest BCUT2D eigenvalue weighted by Gasteiger charge is 2.42. The lowest BCUT2D eigenvalue weighted by atomic mass is 9.70. The third kappa shape index (κ3) is 6.47. The van der Waals surface area contributed by atoms with Crippen molar-refractivity contribution < 1.29 is 19.5 Å². The van der Waals surface area contributed by atoms with Crippen LogP contribution < -0.4 is 5.32 Å². The molecule has 2 aromatic heterocycles. The number of carboxylic acid groups (broad SMARTS) is 1. The minimum absolute atomic E-state index is 0.0762. The number of hydrogen-bond acceptors (Lipinski definition) is 7. The lowest BCUT2D eigenvalue weighted by molar-refractivity contribution is -0.152. The van der Waals surface area contributed by atoms with Crippen molar-refractivity contribution in [3.8, 4) is 11.1 Å². The van der Waals surface area contributed by atoms with E-state index in [0.717, 1.165) is 90.3 Å². The molecule has 1 aliphatic carbocycles. The standard InChI is InChI=1S/C40H48ClN7O4/c1-6-40(39(51)52)17-13-26(14-18-40)48-20-16-33-31(23-48)43-37(47(33)5)38(50)44-29-12-8-10-27(24(29)2)28-11-7-9-25(35(28)41)21-34(49)36-42-30-22-45(3)19-15-32(30)46(36)4/h7-12,26H,6,13-23H2,1-5H3,(H,44,50)(H,51,52). The highest BCUT2D eigenvalue weighted by Crippen LogP contribution is 2.42. The zero-order valence-corrected chi connectivity index (χ0v) is 31.5. The van der Waals surface area contributed by atoms with Gasteiger partial charge in [-0.1, -0.05) is 48.9 Å². The summed E-state index contributed by atoms with van der Waals surface area (Å²) in [6, 6.07) is 11.8. The highest BCUT2D eigenvalue weighted by atomic mass is 35.5. The first-order valence-corrected chi connectivity index (χ1v) is 18.8. The van der Waals surface area contributed by atoms with E-state index in [1.807, 2.05) is 73.5 Å². The Balaban J connectivity index is 1.06. The van der Waals surface area contributed by atoms with E-state index in [1.54, 1.807) is 0 Å². The van der Waals surface area contributed by atoms with Crippen LogP contribution >= 0.6 is 11.6 Å². The molecule has 0 radical (unpaired) electrons. The van der Waals surface area contributed by atoms with E-state index < -0.39 is 11.4 Å². The molecule has 4 heterocycles. The molecule has 1 saturated carbocycles. The van der Waals surface area contributed by atoms with Crippen molar-refractivity contribution in [2.24, 2.45) is 19.5 Å².